The third kappa shape index (κ3) is 3.66. The molecule has 0 aliphatic heterocycles. The molecule has 0 unspecified atom stereocenters. The number of fused-ring (bicyclic) bond motifs is 1. The highest BCUT2D eigenvalue weighted by Gasteiger charge is 2.22. The number of ether oxygens (including phenoxy) is 1. The summed E-state index contributed by atoms with van der Waals surface area (Å²) >= 11 is 0. The van der Waals surface area contributed by atoms with Crippen molar-refractivity contribution >= 4 is 20.9 Å². The van der Waals surface area contributed by atoms with E-state index in [0.717, 1.165) is 10.9 Å². The molecular formula is C20H19F2N5O3S. The number of hydrogen-bond acceptors (Lipinski definition) is 5. The second kappa shape index (κ2) is 7.43. The normalized spacial score (nSPS) is 11.9. The Morgan fingerprint density at radius 3 is 2.45 bits per heavy atom. The fourth-order valence-corrected chi connectivity index (χ4v) is 4.10. The van der Waals surface area contributed by atoms with Crippen molar-refractivity contribution in [2.75, 3.05) is 7.11 Å². The number of primary sulfonamides is 1. The van der Waals surface area contributed by atoms with Crippen LogP contribution in [0.4, 0.5) is 8.78 Å². The largest absolute Gasteiger partial charge is 0.480 e. The van der Waals surface area contributed by atoms with Gasteiger partial charge in [-0.3, -0.25) is 4.68 Å². The molecule has 11 heteroatoms. The molecule has 0 aliphatic carbocycles. The highest BCUT2D eigenvalue weighted by atomic mass is 32.2. The maximum atomic E-state index is 14.7. The number of pyridine rings is 1. The molecule has 3 heterocycles. The molecule has 4 rings (SSSR count). The Balaban J connectivity index is 1.94. The van der Waals surface area contributed by atoms with Gasteiger partial charge >= 0.3 is 0 Å². The Hall–Kier alpha value is -3.31. The molecule has 0 bridgehead atoms. The fraction of sp³-hybridized carbons (Fsp3) is 0.200. The van der Waals surface area contributed by atoms with E-state index in [0.29, 0.717) is 34.8 Å². The fourth-order valence-electron chi connectivity index (χ4n) is 3.56. The number of sulfonamides is 1. The van der Waals surface area contributed by atoms with E-state index >= 15 is 0 Å². The summed E-state index contributed by atoms with van der Waals surface area (Å²) < 4.78 is 61.0. The number of halogens is 2. The van der Waals surface area contributed by atoms with Gasteiger partial charge in [-0.1, -0.05) is 0 Å². The molecule has 1 aromatic carbocycles. The van der Waals surface area contributed by atoms with Gasteiger partial charge in [-0.15, -0.1) is 0 Å². The van der Waals surface area contributed by atoms with Gasteiger partial charge in [0.05, 0.1) is 35.3 Å². The predicted molar refractivity (Wildman–Crippen MR) is 110 cm³/mol. The molecule has 0 amide bonds. The first-order chi connectivity index (χ1) is 14.6. The van der Waals surface area contributed by atoms with E-state index in [9.17, 15) is 17.2 Å². The van der Waals surface area contributed by atoms with Crippen molar-refractivity contribution in [3.63, 3.8) is 0 Å². The van der Waals surface area contributed by atoms with Gasteiger partial charge in [0.25, 0.3) is 0 Å². The van der Waals surface area contributed by atoms with Crippen LogP contribution in [0.1, 0.15) is 11.1 Å². The van der Waals surface area contributed by atoms with Crippen LogP contribution in [0.3, 0.4) is 0 Å². The summed E-state index contributed by atoms with van der Waals surface area (Å²) in [7, 11) is -0.992. The first-order valence-electron chi connectivity index (χ1n) is 9.13. The van der Waals surface area contributed by atoms with Gasteiger partial charge in [0.2, 0.25) is 15.9 Å². The van der Waals surface area contributed by atoms with Gasteiger partial charge in [-0.2, -0.15) is 5.10 Å². The van der Waals surface area contributed by atoms with Gasteiger partial charge in [-0.05, 0) is 30.7 Å². The summed E-state index contributed by atoms with van der Waals surface area (Å²) in [5.74, 6) is -1.70. The third-order valence-electron chi connectivity index (χ3n) is 5.01. The first kappa shape index (κ1) is 20.9. The van der Waals surface area contributed by atoms with Crippen LogP contribution in [-0.4, -0.2) is 34.9 Å². The minimum Gasteiger partial charge on any atom is -0.480 e. The number of hydrogen-bond donors (Lipinski definition) is 1. The quantitative estimate of drug-likeness (QED) is 0.507. The maximum Gasteiger partial charge on any atom is 0.238 e. The monoisotopic (exact) mass is 447 g/mol. The summed E-state index contributed by atoms with van der Waals surface area (Å²) in [5.41, 5.74) is 2.34. The smallest absolute Gasteiger partial charge is 0.238 e. The lowest BCUT2D eigenvalue weighted by molar-refractivity contribution is 0.400. The Bertz CT molecular complexity index is 1400. The average Bonchev–Trinajstić information content (AvgIpc) is 3.26. The van der Waals surface area contributed by atoms with E-state index in [-0.39, 0.29) is 12.1 Å². The zero-order valence-electron chi connectivity index (χ0n) is 16.9. The summed E-state index contributed by atoms with van der Waals surface area (Å²) in [6.07, 6.45) is 5.13. The number of benzene rings is 1. The molecule has 0 saturated heterocycles. The SMILES string of the molecule is COc1ncc2c(C)cn(Cc3c(F)cc(S(N)(=O)=O)cc3F)c2c1-c1ccn(C)n1. The molecule has 0 radical (unpaired) electrons. The van der Waals surface area contributed by atoms with E-state index in [2.05, 4.69) is 10.1 Å². The Kier molecular flexibility index (Phi) is 5.02. The summed E-state index contributed by atoms with van der Waals surface area (Å²) in [6, 6.07) is 3.22. The molecule has 0 spiro atoms. The van der Waals surface area contributed by atoms with Crippen LogP contribution in [0.2, 0.25) is 0 Å². The predicted octanol–water partition coefficient (Wildman–Crippen LogP) is 2.73. The van der Waals surface area contributed by atoms with Crippen LogP contribution < -0.4 is 9.88 Å². The Morgan fingerprint density at radius 2 is 1.90 bits per heavy atom. The highest BCUT2D eigenvalue weighted by molar-refractivity contribution is 7.89. The van der Waals surface area contributed by atoms with E-state index in [1.54, 1.807) is 41.0 Å². The zero-order valence-corrected chi connectivity index (χ0v) is 17.7. The van der Waals surface area contributed by atoms with Crippen LogP contribution in [0, 0.1) is 18.6 Å². The molecule has 0 aliphatic rings. The second-order valence-corrected chi connectivity index (χ2v) is 8.69. The number of rotatable bonds is 5. The second-order valence-electron chi connectivity index (χ2n) is 7.13. The van der Waals surface area contributed by atoms with Crippen LogP contribution in [-0.2, 0) is 23.6 Å². The molecule has 3 aromatic heterocycles. The topological polar surface area (TPSA) is 105 Å². The van der Waals surface area contributed by atoms with Gasteiger partial charge in [0.1, 0.15) is 11.6 Å². The van der Waals surface area contributed by atoms with Crippen LogP contribution in [0.5, 0.6) is 5.88 Å². The van der Waals surface area contributed by atoms with Gasteiger partial charge < -0.3 is 9.30 Å². The first-order valence-corrected chi connectivity index (χ1v) is 10.7. The Labute approximate surface area is 176 Å². The molecule has 31 heavy (non-hydrogen) atoms. The van der Waals surface area contributed by atoms with Crippen molar-refractivity contribution in [2.24, 2.45) is 12.2 Å². The van der Waals surface area contributed by atoms with Crippen LogP contribution in [0.25, 0.3) is 22.2 Å². The lowest BCUT2D eigenvalue weighted by Gasteiger charge is -2.13. The van der Waals surface area contributed by atoms with E-state index in [1.807, 2.05) is 6.92 Å². The molecule has 0 atom stereocenters. The highest BCUT2D eigenvalue weighted by Crippen LogP contribution is 2.37. The zero-order chi connectivity index (χ0) is 22.5. The Morgan fingerprint density at radius 1 is 1.23 bits per heavy atom. The summed E-state index contributed by atoms with van der Waals surface area (Å²) in [6.45, 7) is 1.66. The van der Waals surface area contributed by atoms with Crippen LogP contribution in [0.15, 0.2) is 41.7 Å². The lowest BCUT2D eigenvalue weighted by atomic mass is 10.1. The molecule has 0 saturated carbocycles. The summed E-state index contributed by atoms with van der Waals surface area (Å²) in [4.78, 5) is 3.73. The van der Waals surface area contributed by atoms with Gasteiger partial charge in [0, 0.05) is 36.6 Å². The molecule has 0 fully saturated rings. The molecule has 162 valence electrons. The van der Waals surface area contributed by atoms with Crippen molar-refractivity contribution in [1.82, 2.24) is 19.3 Å². The third-order valence-corrected chi connectivity index (χ3v) is 5.91. The van der Waals surface area contributed by atoms with Gasteiger partial charge in [0.15, 0.2) is 0 Å². The average molecular weight is 447 g/mol. The van der Waals surface area contributed by atoms with Crippen molar-refractivity contribution in [3.8, 4) is 17.1 Å². The van der Waals surface area contributed by atoms with Crippen molar-refractivity contribution in [2.45, 2.75) is 18.4 Å². The van der Waals surface area contributed by atoms with Crippen molar-refractivity contribution in [1.29, 1.82) is 0 Å². The maximum absolute atomic E-state index is 14.7. The number of methoxy groups -OCH3 is 1. The number of aromatic nitrogens is 4. The summed E-state index contributed by atoms with van der Waals surface area (Å²) in [5, 5.41) is 10.2. The molecule has 2 N–H and O–H groups in total. The van der Waals surface area contributed by atoms with E-state index in [4.69, 9.17) is 9.88 Å². The molecule has 8 nitrogen and oxygen atoms in total. The number of aryl methyl sites for hydroxylation is 2. The van der Waals surface area contributed by atoms with Gasteiger partial charge in [-0.25, -0.2) is 27.3 Å². The molecular weight excluding hydrogens is 428 g/mol. The van der Waals surface area contributed by atoms with Crippen LogP contribution >= 0.6 is 0 Å². The van der Waals surface area contributed by atoms with E-state index in [1.165, 1.54) is 7.11 Å². The van der Waals surface area contributed by atoms with Crippen molar-refractivity contribution in [3.05, 3.63) is 59.6 Å². The lowest BCUT2D eigenvalue weighted by Crippen LogP contribution is -2.14. The standard InChI is InChI=1S/C20H19F2N5O3S/c1-11-9-27(10-14-15(21)6-12(7-16(14)22)31(23,28)29)19-13(11)8-24-20(30-3)18(19)17-4-5-26(2)25-17/h4-9H,10H2,1-3H3,(H2,23,28,29). The molecule has 4 aromatic rings. The van der Waals surface area contributed by atoms with Crippen molar-refractivity contribution < 1.29 is 21.9 Å². The number of nitrogens with zero attached hydrogens (tertiary/aromatic N) is 4. The minimum atomic E-state index is -4.24. The minimum absolute atomic E-state index is 0.195. The van der Waals surface area contributed by atoms with E-state index < -0.39 is 26.6 Å². The number of nitrogens with two attached hydrogens (primary N) is 1.